The fraction of sp³-hybridized carbons (Fsp3) is 0.571. The van der Waals surface area contributed by atoms with Crippen LogP contribution >= 0.6 is 0 Å². The van der Waals surface area contributed by atoms with Crippen LogP contribution in [0.1, 0.15) is 44.7 Å². The van der Waals surface area contributed by atoms with Crippen molar-refractivity contribution in [3.05, 3.63) is 29.8 Å². The summed E-state index contributed by atoms with van der Waals surface area (Å²) in [5, 5.41) is 9.51. The third-order valence-corrected chi connectivity index (χ3v) is 3.74. The van der Waals surface area contributed by atoms with E-state index in [0.29, 0.717) is 11.8 Å². The van der Waals surface area contributed by atoms with Crippen LogP contribution in [0, 0.1) is 0 Å². The maximum Gasteiger partial charge on any atom is 0.115 e. The second-order valence-corrected chi connectivity index (χ2v) is 4.71. The van der Waals surface area contributed by atoms with Crippen molar-refractivity contribution in [3.63, 3.8) is 0 Å². The molecule has 2 unspecified atom stereocenters. The normalized spacial score (nSPS) is 23.5. The minimum Gasteiger partial charge on any atom is -0.508 e. The molecular weight excluding hydrogens is 198 g/mol. The van der Waals surface area contributed by atoms with E-state index >= 15 is 0 Å². The van der Waals surface area contributed by atoms with Gasteiger partial charge in [0.05, 0.1) is 0 Å². The quantitative estimate of drug-likeness (QED) is 0.843. The lowest BCUT2D eigenvalue weighted by atomic mass is 10.0. The molecule has 0 amide bonds. The lowest BCUT2D eigenvalue weighted by molar-refractivity contribution is 0.188. The van der Waals surface area contributed by atoms with Gasteiger partial charge in [0.15, 0.2) is 0 Å². The summed E-state index contributed by atoms with van der Waals surface area (Å²) in [6, 6.07) is 8.79. The maximum atomic E-state index is 9.51. The molecule has 2 rings (SSSR count). The van der Waals surface area contributed by atoms with Crippen molar-refractivity contribution in [1.29, 1.82) is 0 Å². The van der Waals surface area contributed by atoms with Gasteiger partial charge in [0, 0.05) is 12.1 Å². The number of nitrogens with zero attached hydrogens (tertiary/aromatic N) is 1. The number of benzene rings is 1. The van der Waals surface area contributed by atoms with Gasteiger partial charge in [-0.3, -0.25) is 4.90 Å². The number of hydrogen-bond donors (Lipinski definition) is 1. The SMILES string of the molecule is CCC1CCCN1C(C)c1cccc(O)c1. The number of aromatic hydroxyl groups is 1. The van der Waals surface area contributed by atoms with Gasteiger partial charge in [-0.25, -0.2) is 0 Å². The first-order valence-corrected chi connectivity index (χ1v) is 6.27. The first-order chi connectivity index (χ1) is 7.72. The zero-order chi connectivity index (χ0) is 11.5. The summed E-state index contributed by atoms with van der Waals surface area (Å²) in [6.45, 7) is 5.69. The van der Waals surface area contributed by atoms with E-state index in [1.165, 1.54) is 31.4 Å². The molecule has 0 radical (unpaired) electrons. The van der Waals surface area contributed by atoms with Gasteiger partial charge in [0.2, 0.25) is 0 Å². The lowest BCUT2D eigenvalue weighted by Crippen LogP contribution is -2.31. The van der Waals surface area contributed by atoms with Crippen LogP contribution < -0.4 is 0 Å². The minimum atomic E-state index is 0.372. The Kier molecular flexibility index (Phi) is 3.49. The molecule has 1 aliphatic heterocycles. The molecule has 1 aromatic rings. The second-order valence-electron chi connectivity index (χ2n) is 4.71. The second kappa shape index (κ2) is 4.88. The van der Waals surface area contributed by atoms with E-state index in [2.05, 4.69) is 24.8 Å². The lowest BCUT2D eigenvalue weighted by Gasteiger charge is -2.30. The first kappa shape index (κ1) is 11.5. The Morgan fingerprint density at radius 2 is 2.31 bits per heavy atom. The number of rotatable bonds is 3. The highest BCUT2D eigenvalue weighted by molar-refractivity contribution is 5.29. The number of phenolic OH excluding ortho intramolecular Hbond substituents is 1. The molecule has 2 atom stereocenters. The summed E-state index contributed by atoms with van der Waals surface area (Å²) < 4.78 is 0. The summed E-state index contributed by atoms with van der Waals surface area (Å²) in [7, 11) is 0. The van der Waals surface area contributed by atoms with E-state index in [1.807, 2.05) is 12.1 Å². The number of hydrogen-bond acceptors (Lipinski definition) is 2. The Morgan fingerprint density at radius 3 is 3.00 bits per heavy atom. The molecule has 0 bridgehead atoms. The zero-order valence-electron chi connectivity index (χ0n) is 10.2. The van der Waals surface area contributed by atoms with Gasteiger partial charge in [-0.1, -0.05) is 19.1 Å². The van der Waals surface area contributed by atoms with Crippen molar-refractivity contribution in [1.82, 2.24) is 4.90 Å². The molecular formula is C14H21NO. The molecule has 88 valence electrons. The fourth-order valence-corrected chi connectivity index (χ4v) is 2.78. The molecule has 1 saturated heterocycles. The predicted octanol–water partition coefficient (Wildman–Crippen LogP) is 3.33. The highest BCUT2D eigenvalue weighted by atomic mass is 16.3. The molecule has 1 aromatic carbocycles. The molecule has 1 fully saturated rings. The van der Waals surface area contributed by atoms with Crippen LogP contribution in [0.5, 0.6) is 5.75 Å². The summed E-state index contributed by atoms with van der Waals surface area (Å²) in [5.41, 5.74) is 1.22. The molecule has 0 saturated carbocycles. The number of phenols is 1. The average molecular weight is 219 g/mol. The van der Waals surface area contributed by atoms with E-state index < -0.39 is 0 Å². The van der Waals surface area contributed by atoms with Crippen LogP contribution in [0.3, 0.4) is 0 Å². The van der Waals surface area contributed by atoms with E-state index in [-0.39, 0.29) is 0 Å². The average Bonchev–Trinajstić information content (AvgIpc) is 2.76. The summed E-state index contributed by atoms with van der Waals surface area (Å²) >= 11 is 0. The van der Waals surface area contributed by atoms with E-state index in [0.717, 1.165) is 6.04 Å². The largest absolute Gasteiger partial charge is 0.508 e. The van der Waals surface area contributed by atoms with Crippen molar-refractivity contribution >= 4 is 0 Å². The highest BCUT2D eigenvalue weighted by Gasteiger charge is 2.27. The van der Waals surface area contributed by atoms with Crippen molar-refractivity contribution in [3.8, 4) is 5.75 Å². The monoisotopic (exact) mass is 219 g/mol. The Balaban J connectivity index is 2.15. The third-order valence-electron chi connectivity index (χ3n) is 3.74. The van der Waals surface area contributed by atoms with Crippen LogP contribution in [-0.4, -0.2) is 22.6 Å². The van der Waals surface area contributed by atoms with E-state index in [4.69, 9.17) is 0 Å². The molecule has 0 spiro atoms. The van der Waals surface area contributed by atoms with Crippen LogP contribution in [-0.2, 0) is 0 Å². The molecule has 2 nitrogen and oxygen atoms in total. The Labute approximate surface area is 97.9 Å². The highest BCUT2D eigenvalue weighted by Crippen LogP contribution is 2.31. The fourth-order valence-electron chi connectivity index (χ4n) is 2.78. The summed E-state index contributed by atoms with van der Waals surface area (Å²) in [6.07, 6.45) is 3.85. The van der Waals surface area contributed by atoms with Crippen LogP contribution in [0.25, 0.3) is 0 Å². The van der Waals surface area contributed by atoms with Gasteiger partial charge < -0.3 is 5.11 Å². The Morgan fingerprint density at radius 1 is 1.50 bits per heavy atom. The van der Waals surface area contributed by atoms with Gasteiger partial charge in [-0.2, -0.15) is 0 Å². The first-order valence-electron chi connectivity index (χ1n) is 6.27. The molecule has 1 heterocycles. The van der Waals surface area contributed by atoms with Crippen LogP contribution in [0.15, 0.2) is 24.3 Å². The molecule has 0 aromatic heterocycles. The molecule has 1 N–H and O–H groups in total. The van der Waals surface area contributed by atoms with Crippen molar-refractivity contribution < 1.29 is 5.11 Å². The van der Waals surface area contributed by atoms with Gasteiger partial charge in [-0.05, 0) is 50.4 Å². The molecule has 1 aliphatic rings. The van der Waals surface area contributed by atoms with Crippen molar-refractivity contribution in [2.75, 3.05) is 6.54 Å². The smallest absolute Gasteiger partial charge is 0.115 e. The topological polar surface area (TPSA) is 23.5 Å². The maximum absolute atomic E-state index is 9.51. The van der Waals surface area contributed by atoms with Gasteiger partial charge >= 0.3 is 0 Å². The van der Waals surface area contributed by atoms with E-state index in [9.17, 15) is 5.11 Å². The number of likely N-dealkylation sites (tertiary alicyclic amines) is 1. The predicted molar refractivity (Wildman–Crippen MR) is 66.5 cm³/mol. The van der Waals surface area contributed by atoms with E-state index in [1.54, 1.807) is 6.07 Å². The van der Waals surface area contributed by atoms with Crippen molar-refractivity contribution in [2.45, 2.75) is 45.2 Å². The van der Waals surface area contributed by atoms with Crippen molar-refractivity contribution in [2.24, 2.45) is 0 Å². The molecule has 0 aliphatic carbocycles. The summed E-state index contributed by atoms with van der Waals surface area (Å²) in [5.74, 6) is 0.372. The molecule has 2 heteroatoms. The Hall–Kier alpha value is -1.02. The zero-order valence-corrected chi connectivity index (χ0v) is 10.2. The van der Waals surface area contributed by atoms with Crippen LogP contribution in [0.4, 0.5) is 0 Å². The van der Waals surface area contributed by atoms with Gasteiger partial charge in [0.1, 0.15) is 5.75 Å². The molecule has 16 heavy (non-hydrogen) atoms. The standard InChI is InChI=1S/C14H21NO/c1-3-13-7-5-9-15(13)11(2)12-6-4-8-14(16)10-12/h4,6,8,10-11,13,16H,3,5,7,9H2,1-2H3. The Bertz CT molecular complexity index is 350. The van der Waals surface area contributed by atoms with Gasteiger partial charge in [-0.15, -0.1) is 0 Å². The minimum absolute atomic E-state index is 0.372. The van der Waals surface area contributed by atoms with Crippen LogP contribution in [0.2, 0.25) is 0 Å². The third kappa shape index (κ3) is 2.22. The van der Waals surface area contributed by atoms with Gasteiger partial charge in [0.25, 0.3) is 0 Å². The summed E-state index contributed by atoms with van der Waals surface area (Å²) in [4.78, 5) is 2.56.